The van der Waals surface area contributed by atoms with Gasteiger partial charge in [0.1, 0.15) is 17.5 Å². The van der Waals surface area contributed by atoms with Crippen LogP contribution in [0.25, 0.3) is 16.5 Å². The van der Waals surface area contributed by atoms with E-state index in [1.54, 1.807) is 73.7 Å². The third-order valence-electron chi connectivity index (χ3n) is 7.65. The van der Waals surface area contributed by atoms with E-state index in [1.807, 2.05) is 50.2 Å². The topological polar surface area (TPSA) is 140 Å². The van der Waals surface area contributed by atoms with Gasteiger partial charge in [-0.25, -0.2) is 4.79 Å². The van der Waals surface area contributed by atoms with Gasteiger partial charge in [0, 0.05) is 33.9 Å². The van der Waals surface area contributed by atoms with Gasteiger partial charge in [-0.3, -0.25) is 14.5 Å². The third kappa shape index (κ3) is 6.60. The molecule has 240 valence electrons. The maximum Gasteiger partial charge on any atom is 0.334 e. The molecule has 0 aliphatic rings. The lowest BCUT2D eigenvalue weighted by Gasteiger charge is -2.27. The van der Waals surface area contributed by atoms with E-state index in [0.717, 1.165) is 22.9 Å². The van der Waals surface area contributed by atoms with Gasteiger partial charge in [-0.2, -0.15) is 4.68 Å². The number of thioether (sulfide) groups is 1. The Morgan fingerprint density at radius 1 is 0.875 bits per heavy atom. The van der Waals surface area contributed by atoms with Crippen molar-refractivity contribution in [2.75, 3.05) is 10.2 Å². The summed E-state index contributed by atoms with van der Waals surface area (Å²) < 4.78 is 7.36. The Balaban J connectivity index is 1.31. The predicted octanol–water partition coefficient (Wildman–Crippen LogP) is 7.10. The average Bonchev–Trinajstić information content (AvgIpc) is 3.56. The summed E-state index contributed by atoms with van der Waals surface area (Å²) in [6, 6.07) is 30.4. The zero-order valence-electron chi connectivity index (χ0n) is 26.2. The van der Waals surface area contributed by atoms with Crippen LogP contribution in [0.5, 0.6) is 11.5 Å². The van der Waals surface area contributed by atoms with E-state index < -0.39 is 23.2 Å². The molecule has 6 aromatic rings. The van der Waals surface area contributed by atoms with E-state index in [2.05, 4.69) is 20.8 Å². The minimum atomic E-state index is -1.13. The number of benzene rings is 5. The van der Waals surface area contributed by atoms with Gasteiger partial charge in [-0.1, -0.05) is 72.8 Å². The molecule has 1 heterocycles. The Hall–Kier alpha value is -6.01. The second-order valence-electron chi connectivity index (χ2n) is 11.0. The second-order valence-corrected chi connectivity index (χ2v) is 11.9. The molecule has 0 spiro atoms. The quantitative estimate of drug-likeness (QED) is 0.0995. The Labute approximate surface area is 280 Å². The molecule has 11 nitrogen and oxygen atoms in total. The van der Waals surface area contributed by atoms with E-state index in [0.29, 0.717) is 27.8 Å². The average molecular weight is 659 g/mol. The molecule has 1 unspecified atom stereocenters. The van der Waals surface area contributed by atoms with Crippen LogP contribution in [-0.4, -0.2) is 48.5 Å². The number of carbonyl (C=O) groups excluding carboxylic acids is 3. The fraction of sp³-hybridized carbons (Fsp3) is 0.111. The zero-order chi connectivity index (χ0) is 33.8. The summed E-state index contributed by atoms with van der Waals surface area (Å²) in [5.41, 5.74) is 3.41. The molecule has 2 N–H and O–H groups in total. The molecule has 1 aromatic heterocycles. The summed E-state index contributed by atoms with van der Waals surface area (Å²) in [6.45, 7) is 5.32. The van der Waals surface area contributed by atoms with E-state index in [9.17, 15) is 19.5 Å². The number of para-hydroxylation sites is 2. The number of aromatic nitrogens is 4. The minimum Gasteiger partial charge on any atom is -0.506 e. The number of phenols is 1. The van der Waals surface area contributed by atoms with E-state index in [4.69, 9.17) is 4.74 Å². The lowest BCUT2D eigenvalue weighted by atomic mass is 10.0. The number of aryl methyl sites for hydroxylation is 2. The van der Waals surface area contributed by atoms with E-state index >= 15 is 0 Å². The molecular formula is C36H30N6O5S. The molecule has 0 radical (unpaired) electrons. The van der Waals surface area contributed by atoms with Gasteiger partial charge in [0.15, 0.2) is 0 Å². The maximum absolute atomic E-state index is 13.9. The van der Waals surface area contributed by atoms with Gasteiger partial charge in [0.25, 0.3) is 11.1 Å². The molecule has 0 saturated heterocycles. The molecule has 0 aliphatic carbocycles. The van der Waals surface area contributed by atoms with Crippen LogP contribution in [0, 0.1) is 13.8 Å². The first kappa shape index (κ1) is 32.0. The predicted molar refractivity (Wildman–Crippen MR) is 184 cm³/mol. The minimum absolute atomic E-state index is 0.0486. The summed E-state index contributed by atoms with van der Waals surface area (Å²) in [5.74, 6) is -1.56. The molecule has 0 saturated carbocycles. The maximum atomic E-state index is 13.9. The SMILES string of the molecule is Cc1ccc(C)c(NC(=O)c2cc(OC(=O)C(C)N(C(=O)Sc3nnnn3-c3ccccc3)c3ccccc3)c3ccccc3c2O)c1. The number of aromatic hydroxyl groups is 1. The fourth-order valence-electron chi connectivity index (χ4n) is 5.12. The number of carbonyl (C=O) groups is 3. The van der Waals surface area contributed by atoms with Crippen molar-refractivity contribution in [2.45, 2.75) is 32.0 Å². The van der Waals surface area contributed by atoms with Crippen molar-refractivity contribution < 1.29 is 24.2 Å². The molecule has 0 aliphatic heterocycles. The number of nitrogens with one attached hydrogen (secondary N) is 1. The zero-order valence-corrected chi connectivity index (χ0v) is 27.0. The Morgan fingerprint density at radius 2 is 1.54 bits per heavy atom. The molecule has 0 fully saturated rings. The summed E-state index contributed by atoms with van der Waals surface area (Å²) in [7, 11) is 0. The summed E-state index contributed by atoms with van der Waals surface area (Å²) >= 11 is 0.761. The first-order valence-corrected chi connectivity index (χ1v) is 15.8. The van der Waals surface area contributed by atoms with Crippen LogP contribution in [0.3, 0.4) is 0 Å². The molecular weight excluding hydrogens is 629 g/mol. The molecule has 48 heavy (non-hydrogen) atoms. The lowest BCUT2D eigenvalue weighted by molar-refractivity contribution is -0.135. The number of nitrogens with zero attached hydrogens (tertiary/aromatic N) is 5. The fourth-order valence-corrected chi connectivity index (χ4v) is 5.94. The number of fused-ring (bicyclic) bond motifs is 1. The number of rotatable bonds is 8. The van der Waals surface area contributed by atoms with Gasteiger partial charge in [0.05, 0.1) is 11.3 Å². The van der Waals surface area contributed by atoms with Crippen LogP contribution in [-0.2, 0) is 4.79 Å². The smallest absolute Gasteiger partial charge is 0.334 e. The summed E-state index contributed by atoms with van der Waals surface area (Å²) in [4.78, 5) is 42.6. The number of amides is 2. The number of tetrazole rings is 1. The van der Waals surface area contributed by atoms with E-state index in [-0.39, 0.29) is 22.2 Å². The van der Waals surface area contributed by atoms with Crippen molar-refractivity contribution in [3.05, 3.63) is 126 Å². The van der Waals surface area contributed by atoms with Crippen LogP contribution in [0.4, 0.5) is 16.2 Å². The van der Waals surface area contributed by atoms with Crippen molar-refractivity contribution in [1.29, 1.82) is 0 Å². The molecule has 12 heteroatoms. The highest BCUT2D eigenvalue weighted by molar-refractivity contribution is 8.13. The van der Waals surface area contributed by atoms with Crippen molar-refractivity contribution in [3.63, 3.8) is 0 Å². The van der Waals surface area contributed by atoms with Gasteiger partial charge >= 0.3 is 5.97 Å². The first-order chi connectivity index (χ1) is 23.2. The van der Waals surface area contributed by atoms with Crippen molar-refractivity contribution >= 4 is 51.0 Å². The van der Waals surface area contributed by atoms with Gasteiger partial charge < -0.3 is 15.2 Å². The summed E-state index contributed by atoms with van der Waals surface area (Å²) in [6.07, 6.45) is 0. The van der Waals surface area contributed by atoms with Crippen molar-refractivity contribution in [3.8, 4) is 17.2 Å². The highest BCUT2D eigenvalue weighted by atomic mass is 32.2. The standard InChI is InChI=1S/C36H30N6O5S/c1-22-18-19-23(2)30(20-22)37-33(44)29-21-31(27-16-10-11-17-28(27)32(29)43)47-34(45)24(3)41(25-12-6-4-7-13-25)36(46)48-35-38-39-40-42(35)26-14-8-5-9-15-26/h4-21,24,43H,1-3H3,(H,37,44). The van der Waals surface area contributed by atoms with Gasteiger partial charge in [0.2, 0.25) is 5.16 Å². The second kappa shape index (κ2) is 13.8. The number of anilines is 2. The van der Waals surface area contributed by atoms with Crippen LogP contribution in [0.2, 0.25) is 0 Å². The number of ether oxygens (including phenoxy) is 1. The molecule has 5 aromatic carbocycles. The molecule has 1 atom stereocenters. The summed E-state index contributed by atoms with van der Waals surface area (Å²) in [5, 5.41) is 26.2. The largest absolute Gasteiger partial charge is 0.506 e. The van der Waals surface area contributed by atoms with Crippen LogP contribution >= 0.6 is 11.8 Å². The van der Waals surface area contributed by atoms with Gasteiger partial charge in [-0.15, -0.1) is 5.10 Å². The Bertz CT molecular complexity index is 2140. The number of hydrogen-bond acceptors (Lipinski definition) is 9. The first-order valence-electron chi connectivity index (χ1n) is 15.0. The number of esters is 1. The number of phenolic OH excluding ortho intramolecular Hbond substituents is 1. The monoisotopic (exact) mass is 658 g/mol. The van der Waals surface area contributed by atoms with Gasteiger partial charge in [-0.05, 0) is 78.7 Å². The normalized spacial score (nSPS) is 11.6. The third-order valence-corrected chi connectivity index (χ3v) is 8.46. The Morgan fingerprint density at radius 3 is 2.27 bits per heavy atom. The molecule has 6 rings (SSSR count). The van der Waals surface area contributed by atoms with Crippen LogP contribution in [0.1, 0.15) is 28.4 Å². The van der Waals surface area contributed by atoms with Crippen LogP contribution in [0.15, 0.2) is 114 Å². The molecule has 0 bridgehead atoms. The molecule has 2 amide bonds. The highest BCUT2D eigenvalue weighted by Crippen LogP contribution is 2.37. The number of hydrogen-bond donors (Lipinski definition) is 2. The highest BCUT2D eigenvalue weighted by Gasteiger charge is 2.32. The van der Waals surface area contributed by atoms with Crippen LogP contribution < -0.4 is 15.0 Å². The Kier molecular flexibility index (Phi) is 9.17. The van der Waals surface area contributed by atoms with Crippen molar-refractivity contribution in [2.24, 2.45) is 0 Å². The van der Waals surface area contributed by atoms with E-state index in [1.165, 1.54) is 15.6 Å². The van der Waals surface area contributed by atoms with Crippen molar-refractivity contribution in [1.82, 2.24) is 20.2 Å². The lowest BCUT2D eigenvalue weighted by Crippen LogP contribution is -2.43.